The van der Waals surface area contributed by atoms with Gasteiger partial charge in [0.2, 0.25) is 5.91 Å². The molecule has 0 radical (unpaired) electrons. The summed E-state index contributed by atoms with van der Waals surface area (Å²) in [7, 11) is 0. The zero-order chi connectivity index (χ0) is 14.9. The summed E-state index contributed by atoms with van der Waals surface area (Å²) in [5, 5.41) is 10.2. The number of halogens is 1. The molecule has 4 aliphatic rings. The van der Waals surface area contributed by atoms with Crippen LogP contribution < -0.4 is 16.0 Å². The van der Waals surface area contributed by atoms with E-state index in [0.717, 1.165) is 60.1 Å². The van der Waals surface area contributed by atoms with Crippen LogP contribution >= 0.6 is 11.6 Å². The molecule has 0 saturated heterocycles. The van der Waals surface area contributed by atoms with E-state index < -0.39 is 5.41 Å². The molecule has 0 saturated carbocycles. The summed E-state index contributed by atoms with van der Waals surface area (Å²) in [6.45, 7) is 1.58. The lowest BCUT2D eigenvalue weighted by molar-refractivity contribution is -0.119. The summed E-state index contributed by atoms with van der Waals surface area (Å²) in [5.41, 5.74) is 3.06. The van der Waals surface area contributed by atoms with Gasteiger partial charge < -0.3 is 20.7 Å². The lowest BCUT2D eigenvalue weighted by atomic mass is 9.67. The Morgan fingerprint density at radius 2 is 1.77 bits per heavy atom. The number of amides is 1. The second-order valence-corrected chi connectivity index (χ2v) is 6.40. The van der Waals surface area contributed by atoms with Crippen LogP contribution in [0.3, 0.4) is 0 Å². The molecule has 0 atom stereocenters. The number of rotatable bonds is 0. The van der Waals surface area contributed by atoms with Gasteiger partial charge in [0.05, 0.1) is 0 Å². The van der Waals surface area contributed by atoms with Crippen LogP contribution in [0.2, 0.25) is 5.02 Å². The molecule has 1 aromatic carbocycles. The molecule has 1 aromatic rings. The van der Waals surface area contributed by atoms with Crippen LogP contribution in [0.4, 0.5) is 5.69 Å². The van der Waals surface area contributed by atoms with Crippen molar-refractivity contribution < 1.29 is 9.53 Å². The molecule has 0 bridgehead atoms. The number of carbonyl (C=O) groups is 1. The normalized spacial score (nSPS) is 23.6. The van der Waals surface area contributed by atoms with Gasteiger partial charge in [-0.05, 0) is 31.0 Å². The zero-order valence-electron chi connectivity index (χ0n) is 11.8. The van der Waals surface area contributed by atoms with Gasteiger partial charge in [0, 0.05) is 40.5 Å². The molecule has 112 valence electrons. The third kappa shape index (κ3) is 1.28. The first-order chi connectivity index (χ1) is 10.7. The van der Waals surface area contributed by atoms with Crippen LogP contribution in [-0.4, -0.2) is 19.0 Å². The first-order valence-electron chi connectivity index (χ1n) is 7.45. The van der Waals surface area contributed by atoms with E-state index >= 15 is 0 Å². The molecule has 1 amide bonds. The van der Waals surface area contributed by atoms with Crippen molar-refractivity contribution in [1.82, 2.24) is 10.6 Å². The summed E-state index contributed by atoms with van der Waals surface area (Å²) in [5.74, 6) is 1.44. The van der Waals surface area contributed by atoms with E-state index in [-0.39, 0.29) is 5.91 Å². The Morgan fingerprint density at radius 3 is 2.45 bits per heavy atom. The molecule has 4 heterocycles. The largest absolute Gasteiger partial charge is 0.425 e. The van der Waals surface area contributed by atoms with Crippen molar-refractivity contribution in [3.05, 3.63) is 51.7 Å². The summed E-state index contributed by atoms with van der Waals surface area (Å²) in [6, 6.07) is 5.60. The van der Waals surface area contributed by atoms with Gasteiger partial charge in [-0.1, -0.05) is 11.6 Å². The van der Waals surface area contributed by atoms with Gasteiger partial charge in [0.15, 0.2) is 11.8 Å². The van der Waals surface area contributed by atoms with E-state index in [4.69, 9.17) is 16.3 Å². The average Bonchev–Trinajstić information content (AvgIpc) is 3.19. The number of benzene rings is 1. The van der Waals surface area contributed by atoms with E-state index in [0.29, 0.717) is 5.02 Å². The van der Waals surface area contributed by atoms with Gasteiger partial charge in [-0.15, -0.1) is 0 Å². The molecule has 1 spiro atoms. The van der Waals surface area contributed by atoms with Crippen LogP contribution in [0.1, 0.15) is 18.4 Å². The Bertz CT molecular complexity index is 767. The van der Waals surface area contributed by atoms with Crippen molar-refractivity contribution in [2.24, 2.45) is 0 Å². The number of hydrogen-bond donors (Lipinski definition) is 3. The lowest BCUT2D eigenvalue weighted by Crippen LogP contribution is -2.41. The minimum Gasteiger partial charge on any atom is -0.425 e. The Kier molecular flexibility index (Phi) is 2.25. The summed E-state index contributed by atoms with van der Waals surface area (Å²) in [6.07, 6.45) is 1.59. The minimum absolute atomic E-state index is 0.000432. The number of fused-ring (bicyclic) bond motifs is 4. The number of nitrogens with one attached hydrogen (secondary N) is 3. The van der Waals surface area contributed by atoms with Crippen molar-refractivity contribution in [2.75, 3.05) is 18.4 Å². The monoisotopic (exact) mass is 315 g/mol. The molecular formula is C16H14ClN3O2. The van der Waals surface area contributed by atoms with Crippen molar-refractivity contribution >= 4 is 23.2 Å². The summed E-state index contributed by atoms with van der Waals surface area (Å²) < 4.78 is 5.94. The fraction of sp³-hybridized carbons (Fsp3) is 0.312. The molecule has 0 aromatic heterocycles. The number of anilines is 1. The molecule has 5 rings (SSSR count). The van der Waals surface area contributed by atoms with Crippen LogP contribution in [-0.2, 0) is 14.9 Å². The maximum absolute atomic E-state index is 13.1. The van der Waals surface area contributed by atoms with Gasteiger partial charge >= 0.3 is 0 Å². The molecule has 22 heavy (non-hydrogen) atoms. The van der Waals surface area contributed by atoms with Crippen LogP contribution in [0.15, 0.2) is 41.1 Å². The van der Waals surface area contributed by atoms with Crippen LogP contribution in [0.5, 0.6) is 0 Å². The predicted octanol–water partition coefficient (Wildman–Crippen LogP) is 1.97. The SMILES string of the molecule is O=C1Nc2ccc(Cl)cc2C12C1=C(NCC1)OC1=C2CCN1. The Balaban J connectivity index is 1.86. The number of carbonyl (C=O) groups excluding carboxylic acids is 1. The summed E-state index contributed by atoms with van der Waals surface area (Å²) >= 11 is 6.23. The third-order valence-electron chi connectivity index (χ3n) is 4.95. The van der Waals surface area contributed by atoms with Crippen molar-refractivity contribution in [3.8, 4) is 0 Å². The van der Waals surface area contributed by atoms with E-state index in [9.17, 15) is 4.79 Å². The maximum atomic E-state index is 13.1. The van der Waals surface area contributed by atoms with E-state index in [1.54, 1.807) is 0 Å². The zero-order valence-corrected chi connectivity index (χ0v) is 12.5. The van der Waals surface area contributed by atoms with Gasteiger partial charge in [-0.2, -0.15) is 0 Å². The molecule has 0 aliphatic carbocycles. The highest BCUT2D eigenvalue weighted by Crippen LogP contribution is 2.55. The van der Waals surface area contributed by atoms with Crippen LogP contribution in [0, 0.1) is 0 Å². The molecule has 4 aliphatic heterocycles. The number of ether oxygens (including phenoxy) is 1. The number of hydrogen-bond acceptors (Lipinski definition) is 4. The third-order valence-corrected chi connectivity index (χ3v) is 5.19. The Labute approximate surface area is 132 Å². The second kappa shape index (κ2) is 3.98. The molecular weight excluding hydrogens is 302 g/mol. The maximum Gasteiger partial charge on any atom is 0.243 e. The van der Waals surface area contributed by atoms with Crippen molar-refractivity contribution in [1.29, 1.82) is 0 Å². The molecule has 6 heteroatoms. The summed E-state index contributed by atoms with van der Waals surface area (Å²) in [4.78, 5) is 13.1. The van der Waals surface area contributed by atoms with Crippen LogP contribution in [0.25, 0.3) is 0 Å². The molecule has 0 fully saturated rings. The lowest BCUT2D eigenvalue weighted by Gasteiger charge is -2.34. The second-order valence-electron chi connectivity index (χ2n) is 5.97. The Morgan fingerprint density at radius 1 is 1.09 bits per heavy atom. The van der Waals surface area contributed by atoms with Gasteiger partial charge in [0.1, 0.15) is 5.41 Å². The quantitative estimate of drug-likeness (QED) is 0.685. The highest BCUT2D eigenvalue weighted by molar-refractivity contribution is 6.31. The van der Waals surface area contributed by atoms with Gasteiger partial charge in [-0.3, -0.25) is 4.79 Å². The predicted molar refractivity (Wildman–Crippen MR) is 82.1 cm³/mol. The van der Waals surface area contributed by atoms with E-state index in [2.05, 4.69) is 16.0 Å². The smallest absolute Gasteiger partial charge is 0.243 e. The minimum atomic E-state index is -0.768. The molecule has 3 N–H and O–H groups in total. The highest BCUT2D eigenvalue weighted by atomic mass is 35.5. The van der Waals surface area contributed by atoms with Crippen molar-refractivity contribution in [2.45, 2.75) is 18.3 Å². The first kappa shape index (κ1) is 12.4. The molecule has 5 nitrogen and oxygen atoms in total. The van der Waals surface area contributed by atoms with Gasteiger partial charge in [0.25, 0.3) is 0 Å². The average molecular weight is 316 g/mol. The molecule has 0 unspecified atom stereocenters. The van der Waals surface area contributed by atoms with Gasteiger partial charge in [-0.25, -0.2) is 0 Å². The fourth-order valence-electron chi connectivity index (χ4n) is 4.11. The first-order valence-corrected chi connectivity index (χ1v) is 7.83. The van der Waals surface area contributed by atoms with E-state index in [1.165, 1.54) is 0 Å². The highest BCUT2D eigenvalue weighted by Gasteiger charge is 2.58. The van der Waals surface area contributed by atoms with E-state index in [1.807, 2.05) is 18.2 Å². The van der Waals surface area contributed by atoms with Crippen molar-refractivity contribution in [3.63, 3.8) is 0 Å². The standard InChI is InChI=1S/C16H14ClN3O2/c17-8-1-2-12-11(7-8)16(15(21)20-12)9-3-5-18-13(9)22-14-10(16)4-6-19-14/h1-2,7,18-19H,3-6H2,(H,20,21). The fourth-order valence-corrected chi connectivity index (χ4v) is 4.28. The topological polar surface area (TPSA) is 62.4 Å². The Hall–Kier alpha value is -2.14.